The van der Waals surface area contributed by atoms with Crippen molar-refractivity contribution in [2.24, 2.45) is 0 Å². The number of hydrogen-bond acceptors (Lipinski definition) is 5. The quantitative estimate of drug-likeness (QED) is 0.382. The SMILES string of the molecule is CCOc1ccc(C2c3c(oc4ccc(F)cc4c3=O)C(=O)N2c2ccc(OCC)cc2)cc1. The molecule has 1 amide bonds. The minimum Gasteiger partial charge on any atom is -0.494 e. The molecule has 1 unspecified atom stereocenters. The van der Waals surface area contributed by atoms with Crippen molar-refractivity contribution in [2.45, 2.75) is 19.9 Å². The number of carbonyl (C=O) groups excluding carboxylic acids is 1. The molecule has 172 valence electrons. The Balaban J connectivity index is 1.71. The lowest BCUT2D eigenvalue weighted by Gasteiger charge is -2.25. The van der Waals surface area contributed by atoms with Crippen molar-refractivity contribution in [1.82, 2.24) is 0 Å². The Morgan fingerprint density at radius 1 is 0.882 bits per heavy atom. The number of hydrogen-bond donors (Lipinski definition) is 0. The maximum absolute atomic E-state index is 13.9. The number of amides is 1. The van der Waals surface area contributed by atoms with Crippen molar-refractivity contribution >= 4 is 22.6 Å². The van der Waals surface area contributed by atoms with Crippen LogP contribution < -0.4 is 19.8 Å². The molecule has 0 saturated heterocycles. The fourth-order valence-electron chi connectivity index (χ4n) is 4.31. The van der Waals surface area contributed by atoms with Crippen LogP contribution in [0.2, 0.25) is 0 Å². The number of halogens is 1. The lowest BCUT2D eigenvalue weighted by molar-refractivity contribution is 0.0971. The zero-order valence-corrected chi connectivity index (χ0v) is 18.7. The third kappa shape index (κ3) is 3.59. The maximum Gasteiger partial charge on any atom is 0.295 e. The van der Waals surface area contributed by atoms with Crippen molar-refractivity contribution in [3.63, 3.8) is 0 Å². The van der Waals surface area contributed by atoms with E-state index >= 15 is 0 Å². The lowest BCUT2D eigenvalue weighted by Crippen LogP contribution is -2.29. The largest absolute Gasteiger partial charge is 0.494 e. The molecule has 0 spiro atoms. The third-order valence-corrected chi connectivity index (χ3v) is 5.76. The molecule has 0 saturated carbocycles. The van der Waals surface area contributed by atoms with Crippen LogP contribution in [-0.4, -0.2) is 19.1 Å². The number of nitrogens with zero attached hydrogens (tertiary/aromatic N) is 1. The van der Waals surface area contributed by atoms with Crippen LogP contribution in [0, 0.1) is 5.82 Å². The number of carbonyl (C=O) groups is 1. The predicted octanol–water partition coefficient (Wildman–Crippen LogP) is 5.48. The highest BCUT2D eigenvalue weighted by Crippen LogP contribution is 2.42. The summed E-state index contributed by atoms with van der Waals surface area (Å²) in [4.78, 5) is 28.6. The molecule has 1 aliphatic heterocycles. The minimum absolute atomic E-state index is 0.0446. The molecule has 0 N–H and O–H groups in total. The molecule has 4 aromatic rings. The van der Waals surface area contributed by atoms with E-state index in [2.05, 4.69) is 0 Å². The van der Waals surface area contributed by atoms with E-state index in [1.165, 1.54) is 17.0 Å². The van der Waals surface area contributed by atoms with Gasteiger partial charge in [-0.1, -0.05) is 12.1 Å². The van der Waals surface area contributed by atoms with Gasteiger partial charge in [0.2, 0.25) is 5.76 Å². The lowest BCUT2D eigenvalue weighted by atomic mass is 9.98. The maximum atomic E-state index is 13.9. The summed E-state index contributed by atoms with van der Waals surface area (Å²) in [5.74, 6) is 0.308. The van der Waals surface area contributed by atoms with E-state index in [0.717, 1.165) is 6.07 Å². The summed E-state index contributed by atoms with van der Waals surface area (Å²) in [6.07, 6.45) is 0. The van der Waals surface area contributed by atoms with Gasteiger partial charge in [-0.25, -0.2) is 4.39 Å². The topological polar surface area (TPSA) is 69.0 Å². The van der Waals surface area contributed by atoms with Crippen LogP contribution >= 0.6 is 0 Å². The second-order valence-electron chi connectivity index (χ2n) is 7.82. The van der Waals surface area contributed by atoms with Gasteiger partial charge in [0.25, 0.3) is 5.91 Å². The van der Waals surface area contributed by atoms with Gasteiger partial charge in [-0.15, -0.1) is 0 Å². The van der Waals surface area contributed by atoms with Crippen LogP contribution in [-0.2, 0) is 0 Å². The third-order valence-electron chi connectivity index (χ3n) is 5.76. The van der Waals surface area contributed by atoms with Crippen molar-refractivity contribution in [2.75, 3.05) is 18.1 Å². The first-order valence-electron chi connectivity index (χ1n) is 11.1. The van der Waals surface area contributed by atoms with E-state index < -0.39 is 23.2 Å². The van der Waals surface area contributed by atoms with Gasteiger partial charge in [0, 0.05) is 5.69 Å². The molecule has 1 aliphatic rings. The predicted molar refractivity (Wildman–Crippen MR) is 126 cm³/mol. The number of ether oxygens (including phenoxy) is 2. The molecule has 0 fully saturated rings. The van der Waals surface area contributed by atoms with E-state index in [4.69, 9.17) is 13.9 Å². The average Bonchev–Trinajstić information content (AvgIpc) is 3.13. The van der Waals surface area contributed by atoms with E-state index in [1.54, 1.807) is 36.4 Å². The molecule has 0 aliphatic carbocycles. The van der Waals surface area contributed by atoms with Crippen LogP contribution in [0.4, 0.5) is 10.1 Å². The van der Waals surface area contributed by atoms with Crippen molar-refractivity contribution in [1.29, 1.82) is 0 Å². The van der Waals surface area contributed by atoms with E-state index in [0.29, 0.717) is 36.0 Å². The molecular weight excluding hydrogens is 437 g/mol. The highest BCUT2D eigenvalue weighted by molar-refractivity contribution is 6.10. The first kappa shape index (κ1) is 21.7. The first-order chi connectivity index (χ1) is 16.5. The summed E-state index contributed by atoms with van der Waals surface area (Å²) in [5.41, 5.74) is 1.19. The normalized spacial score (nSPS) is 15.0. The van der Waals surface area contributed by atoms with Crippen molar-refractivity contribution < 1.29 is 23.1 Å². The van der Waals surface area contributed by atoms with Crippen molar-refractivity contribution in [3.05, 3.63) is 99.7 Å². The second kappa shape index (κ2) is 8.67. The van der Waals surface area contributed by atoms with Gasteiger partial charge in [0.05, 0.1) is 30.2 Å². The van der Waals surface area contributed by atoms with Gasteiger partial charge >= 0.3 is 0 Å². The Hall–Kier alpha value is -4.13. The first-order valence-corrected chi connectivity index (χ1v) is 11.1. The zero-order chi connectivity index (χ0) is 23.8. The Kier molecular flexibility index (Phi) is 5.53. The van der Waals surface area contributed by atoms with Crippen LogP contribution in [0.15, 0.2) is 75.9 Å². The van der Waals surface area contributed by atoms with Crippen LogP contribution in [0.5, 0.6) is 11.5 Å². The fourth-order valence-corrected chi connectivity index (χ4v) is 4.31. The highest BCUT2D eigenvalue weighted by Gasteiger charge is 2.43. The van der Waals surface area contributed by atoms with Crippen LogP contribution in [0.25, 0.3) is 11.0 Å². The minimum atomic E-state index is -0.750. The van der Waals surface area contributed by atoms with E-state index in [1.807, 2.05) is 26.0 Å². The number of anilines is 1. The van der Waals surface area contributed by atoms with E-state index in [-0.39, 0.29) is 22.3 Å². The molecule has 6 nitrogen and oxygen atoms in total. The zero-order valence-electron chi connectivity index (χ0n) is 18.7. The Bertz CT molecular complexity index is 1430. The smallest absolute Gasteiger partial charge is 0.295 e. The molecule has 5 rings (SSSR count). The molecule has 3 aromatic carbocycles. The van der Waals surface area contributed by atoms with Crippen LogP contribution in [0.3, 0.4) is 0 Å². The standard InChI is InChI=1S/C27H22FNO5/c1-3-32-19-10-5-16(6-11-19)24-23-25(30)21-15-17(28)7-14-22(21)34-26(23)27(31)29(24)18-8-12-20(13-9-18)33-4-2/h5-15,24H,3-4H2,1-2H3. The van der Waals surface area contributed by atoms with Gasteiger partial charge in [-0.2, -0.15) is 0 Å². The summed E-state index contributed by atoms with van der Waals surface area (Å²) in [5, 5.41) is 0.0935. The van der Waals surface area contributed by atoms with Gasteiger partial charge in [0.1, 0.15) is 22.9 Å². The van der Waals surface area contributed by atoms with Gasteiger partial charge in [-0.05, 0) is 74.0 Å². The average molecular weight is 459 g/mol. The Labute approximate surface area is 195 Å². The van der Waals surface area contributed by atoms with Gasteiger partial charge < -0.3 is 13.9 Å². The van der Waals surface area contributed by atoms with Crippen molar-refractivity contribution in [3.8, 4) is 11.5 Å². The molecule has 34 heavy (non-hydrogen) atoms. The molecule has 7 heteroatoms. The van der Waals surface area contributed by atoms with Gasteiger partial charge in [-0.3, -0.25) is 14.5 Å². The molecule has 2 heterocycles. The molecular formula is C27H22FNO5. The molecule has 1 atom stereocenters. The number of fused-ring (bicyclic) bond motifs is 2. The van der Waals surface area contributed by atoms with E-state index in [9.17, 15) is 14.0 Å². The second-order valence-corrected chi connectivity index (χ2v) is 7.82. The Morgan fingerprint density at radius 2 is 1.50 bits per heavy atom. The summed E-state index contributed by atoms with van der Waals surface area (Å²) in [7, 11) is 0. The number of benzene rings is 3. The highest BCUT2D eigenvalue weighted by atomic mass is 19.1. The van der Waals surface area contributed by atoms with Gasteiger partial charge in [0.15, 0.2) is 5.43 Å². The summed E-state index contributed by atoms with van der Waals surface area (Å²) in [6.45, 7) is 4.82. The summed E-state index contributed by atoms with van der Waals surface area (Å²) in [6, 6.07) is 17.2. The monoisotopic (exact) mass is 459 g/mol. The Morgan fingerprint density at radius 3 is 2.12 bits per heavy atom. The summed E-state index contributed by atoms with van der Waals surface area (Å²) >= 11 is 0. The molecule has 0 bridgehead atoms. The van der Waals surface area contributed by atoms with Crippen LogP contribution in [0.1, 0.15) is 41.6 Å². The molecule has 0 radical (unpaired) electrons. The molecule has 1 aromatic heterocycles. The fraction of sp³-hybridized carbons (Fsp3) is 0.185. The number of rotatable bonds is 6. The summed E-state index contributed by atoms with van der Waals surface area (Å²) < 4.78 is 30.9.